The molecule has 3 rings (SSSR count). The summed E-state index contributed by atoms with van der Waals surface area (Å²) in [7, 11) is 0. The molecule has 3 aromatic rings. The minimum absolute atomic E-state index is 0.320. The number of carboxylic acid groups (broad SMARTS) is 1. The predicted molar refractivity (Wildman–Crippen MR) is 73.8 cm³/mol. The first-order valence-corrected chi connectivity index (χ1v) is 6.86. The molecule has 1 unspecified atom stereocenters. The van der Waals surface area contributed by atoms with Gasteiger partial charge < -0.3 is 5.11 Å². The van der Waals surface area contributed by atoms with Crippen molar-refractivity contribution in [3.05, 3.63) is 47.2 Å². The summed E-state index contributed by atoms with van der Waals surface area (Å²) in [5.41, 5.74) is -0.247. The average molecular weight is 288 g/mol. The van der Waals surface area contributed by atoms with Gasteiger partial charge in [0.15, 0.2) is 0 Å². The van der Waals surface area contributed by atoms with E-state index in [2.05, 4.69) is 15.3 Å². The fourth-order valence-corrected chi connectivity index (χ4v) is 3.05. The molecule has 0 radical (unpaired) electrons. The molecule has 2 heterocycles. The van der Waals surface area contributed by atoms with Crippen LogP contribution in [0, 0.1) is 0 Å². The molecule has 0 amide bonds. The van der Waals surface area contributed by atoms with Crippen LogP contribution in [0.15, 0.2) is 36.7 Å². The second-order valence-corrected chi connectivity index (χ2v) is 5.77. The maximum Gasteiger partial charge on any atom is 0.314 e. The Bertz CT molecular complexity index is 723. The summed E-state index contributed by atoms with van der Waals surface area (Å²) in [5, 5.41) is 22.3. The lowest BCUT2D eigenvalue weighted by atomic mass is 9.80. The summed E-state index contributed by atoms with van der Waals surface area (Å²) in [5.74, 6) is -0.866. The van der Waals surface area contributed by atoms with Gasteiger partial charge in [0.25, 0.3) is 0 Å². The number of fused-ring (bicyclic) bond motifs is 1. The molecule has 0 aliphatic rings. The van der Waals surface area contributed by atoms with E-state index in [0.717, 1.165) is 10.6 Å². The fourth-order valence-electron chi connectivity index (χ4n) is 2.08. The molecule has 0 saturated heterocycles. The van der Waals surface area contributed by atoms with Crippen molar-refractivity contribution >= 4 is 22.3 Å². The number of benzene rings is 1. The summed E-state index contributed by atoms with van der Waals surface area (Å²) < 4.78 is 1.56. The Kier molecular flexibility index (Phi) is 2.98. The molecule has 20 heavy (non-hydrogen) atoms. The zero-order chi connectivity index (χ0) is 14.2. The standard InChI is InChI=1S/C13H12N4O2S/c1-13(11(18)19,9-5-3-2-4-6-9)7-10-16-17-8-14-15-12(17)20-10/h2-6,8H,7H2,1H3,(H,18,19). The third-order valence-corrected chi connectivity index (χ3v) is 4.23. The topological polar surface area (TPSA) is 80.4 Å². The van der Waals surface area contributed by atoms with Gasteiger partial charge in [-0.2, -0.15) is 9.61 Å². The first-order chi connectivity index (χ1) is 9.59. The highest BCUT2D eigenvalue weighted by Crippen LogP contribution is 2.30. The monoisotopic (exact) mass is 288 g/mol. The minimum Gasteiger partial charge on any atom is -0.481 e. The number of aromatic nitrogens is 4. The lowest BCUT2D eigenvalue weighted by Crippen LogP contribution is -2.34. The molecule has 0 saturated carbocycles. The van der Waals surface area contributed by atoms with E-state index in [0.29, 0.717) is 11.4 Å². The Morgan fingerprint density at radius 1 is 1.40 bits per heavy atom. The van der Waals surface area contributed by atoms with Gasteiger partial charge in [0.05, 0.1) is 5.41 Å². The highest BCUT2D eigenvalue weighted by molar-refractivity contribution is 7.16. The summed E-state index contributed by atoms with van der Waals surface area (Å²) in [6.07, 6.45) is 1.83. The SMILES string of the molecule is CC(Cc1nn2cnnc2s1)(C(=O)O)c1ccccc1. The van der Waals surface area contributed by atoms with E-state index in [1.807, 2.05) is 30.3 Å². The van der Waals surface area contributed by atoms with Crippen molar-refractivity contribution in [2.45, 2.75) is 18.8 Å². The molecule has 0 aliphatic carbocycles. The highest BCUT2D eigenvalue weighted by atomic mass is 32.1. The molecule has 6 nitrogen and oxygen atoms in total. The third kappa shape index (κ3) is 2.05. The first-order valence-electron chi connectivity index (χ1n) is 6.04. The van der Waals surface area contributed by atoms with Crippen LogP contribution in [-0.4, -0.2) is 30.9 Å². The molecule has 0 aliphatic heterocycles. The Morgan fingerprint density at radius 3 is 2.80 bits per heavy atom. The predicted octanol–water partition coefficient (Wildman–Crippen LogP) is 1.77. The van der Waals surface area contributed by atoms with Crippen LogP contribution in [0.5, 0.6) is 0 Å². The second kappa shape index (κ2) is 4.68. The summed E-state index contributed by atoms with van der Waals surface area (Å²) in [4.78, 5) is 12.4. The van der Waals surface area contributed by atoms with Crippen LogP contribution in [0.25, 0.3) is 4.96 Å². The van der Waals surface area contributed by atoms with Crippen molar-refractivity contribution in [3.8, 4) is 0 Å². The van der Waals surface area contributed by atoms with Crippen molar-refractivity contribution in [1.82, 2.24) is 19.8 Å². The van der Waals surface area contributed by atoms with Crippen LogP contribution >= 0.6 is 11.3 Å². The number of aliphatic carboxylic acids is 1. The molecule has 0 spiro atoms. The third-order valence-electron chi connectivity index (χ3n) is 3.32. The molecule has 0 fully saturated rings. The van der Waals surface area contributed by atoms with E-state index in [9.17, 15) is 9.90 Å². The molecule has 102 valence electrons. The van der Waals surface area contributed by atoms with E-state index in [1.54, 1.807) is 11.4 Å². The maximum atomic E-state index is 11.7. The van der Waals surface area contributed by atoms with Gasteiger partial charge in [-0.3, -0.25) is 4.79 Å². The number of rotatable bonds is 4. The van der Waals surface area contributed by atoms with Gasteiger partial charge in [-0.1, -0.05) is 41.7 Å². The number of carboxylic acids is 1. The van der Waals surface area contributed by atoms with Crippen molar-refractivity contribution in [1.29, 1.82) is 0 Å². The van der Waals surface area contributed by atoms with Gasteiger partial charge in [-0.15, -0.1) is 10.2 Å². The van der Waals surface area contributed by atoms with Crippen LogP contribution in [0.1, 0.15) is 17.5 Å². The van der Waals surface area contributed by atoms with Crippen molar-refractivity contribution in [2.75, 3.05) is 0 Å². The zero-order valence-electron chi connectivity index (χ0n) is 10.7. The summed E-state index contributed by atoms with van der Waals surface area (Å²) >= 11 is 1.36. The molecule has 1 aromatic carbocycles. The van der Waals surface area contributed by atoms with Crippen LogP contribution in [-0.2, 0) is 16.6 Å². The van der Waals surface area contributed by atoms with E-state index >= 15 is 0 Å². The van der Waals surface area contributed by atoms with Gasteiger partial charge in [-0.25, -0.2) is 0 Å². The molecule has 1 N–H and O–H groups in total. The highest BCUT2D eigenvalue weighted by Gasteiger charge is 2.36. The van der Waals surface area contributed by atoms with E-state index in [-0.39, 0.29) is 0 Å². The van der Waals surface area contributed by atoms with Crippen LogP contribution in [0.3, 0.4) is 0 Å². The van der Waals surface area contributed by atoms with E-state index in [4.69, 9.17) is 0 Å². The van der Waals surface area contributed by atoms with E-state index < -0.39 is 11.4 Å². The molecule has 2 aromatic heterocycles. The molecule has 7 heteroatoms. The normalized spacial score (nSPS) is 14.2. The zero-order valence-corrected chi connectivity index (χ0v) is 11.5. The van der Waals surface area contributed by atoms with Crippen LogP contribution in [0.2, 0.25) is 0 Å². The van der Waals surface area contributed by atoms with Crippen molar-refractivity contribution in [3.63, 3.8) is 0 Å². The van der Waals surface area contributed by atoms with Crippen LogP contribution in [0.4, 0.5) is 0 Å². The lowest BCUT2D eigenvalue weighted by molar-refractivity contribution is -0.143. The molecule has 1 atom stereocenters. The van der Waals surface area contributed by atoms with Crippen molar-refractivity contribution < 1.29 is 9.90 Å². The number of hydrogen-bond donors (Lipinski definition) is 1. The van der Waals surface area contributed by atoms with Gasteiger partial charge >= 0.3 is 5.97 Å². The molecular weight excluding hydrogens is 276 g/mol. The van der Waals surface area contributed by atoms with Gasteiger partial charge in [0.2, 0.25) is 4.96 Å². The summed E-state index contributed by atoms with van der Waals surface area (Å²) in [6.45, 7) is 1.72. The van der Waals surface area contributed by atoms with Gasteiger partial charge in [0.1, 0.15) is 11.3 Å². The maximum absolute atomic E-state index is 11.7. The Balaban J connectivity index is 1.99. The number of carbonyl (C=O) groups is 1. The number of hydrogen-bond acceptors (Lipinski definition) is 5. The Hall–Kier alpha value is -2.28. The second-order valence-electron chi connectivity index (χ2n) is 4.73. The quantitative estimate of drug-likeness (QED) is 0.791. The van der Waals surface area contributed by atoms with E-state index in [1.165, 1.54) is 17.7 Å². The lowest BCUT2D eigenvalue weighted by Gasteiger charge is -2.24. The van der Waals surface area contributed by atoms with Crippen LogP contribution < -0.4 is 0 Å². The smallest absolute Gasteiger partial charge is 0.314 e. The van der Waals surface area contributed by atoms with Gasteiger partial charge in [0, 0.05) is 6.42 Å². The van der Waals surface area contributed by atoms with Gasteiger partial charge in [-0.05, 0) is 12.5 Å². The fraction of sp³-hybridized carbons (Fsp3) is 0.231. The van der Waals surface area contributed by atoms with Crippen molar-refractivity contribution in [2.24, 2.45) is 0 Å². The summed E-state index contributed by atoms with van der Waals surface area (Å²) in [6, 6.07) is 9.21. The Morgan fingerprint density at radius 2 is 2.15 bits per heavy atom. The molecule has 0 bridgehead atoms. The molecular formula is C13H12N4O2S. The average Bonchev–Trinajstić information content (AvgIpc) is 3.00. The largest absolute Gasteiger partial charge is 0.481 e. The number of nitrogens with zero attached hydrogens (tertiary/aromatic N) is 4. The first kappa shape index (κ1) is 12.7. The minimum atomic E-state index is -1.01. The Labute approximate surface area is 118 Å².